The number of para-hydroxylation sites is 1. The van der Waals surface area contributed by atoms with E-state index in [0.29, 0.717) is 34.2 Å². The van der Waals surface area contributed by atoms with Gasteiger partial charge in [0, 0.05) is 32.6 Å². The third kappa shape index (κ3) is 4.16. The number of methoxy groups -OCH3 is 1. The first kappa shape index (κ1) is 20.6. The van der Waals surface area contributed by atoms with E-state index in [4.69, 9.17) is 9.15 Å². The predicted molar refractivity (Wildman–Crippen MR) is 119 cm³/mol. The molecule has 9 nitrogen and oxygen atoms in total. The van der Waals surface area contributed by atoms with Crippen molar-refractivity contribution in [3.63, 3.8) is 0 Å². The molecule has 162 valence electrons. The summed E-state index contributed by atoms with van der Waals surface area (Å²) in [5, 5.41) is 3.35. The number of anilines is 3. The minimum absolute atomic E-state index is 0.106. The van der Waals surface area contributed by atoms with Gasteiger partial charge in [-0.15, -0.1) is 0 Å². The molecule has 2 aromatic heterocycles. The summed E-state index contributed by atoms with van der Waals surface area (Å²) in [7, 11) is 5.18. The molecular weight excluding hydrogens is 398 g/mol. The third-order valence-electron chi connectivity index (χ3n) is 5.26. The van der Waals surface area contributed by atoms with Gasteiger partial charge in [-0.05, 0) is 31.4 Å². The maximum absolute atomic E-state index is 12.9. The van der Waals surface area contributed by atoms with Gasteiger partial charge >= 0.3 is 5.63 Å². The molecule has 3 aromatic rings. The number of hydrogen-bond acceptors (Lipinski definition) is 8. The zero-order valence-corrected chi connectivity index (χ0v) is 17.8. The number of carbonyl (C=O) groups is 1. The largest absolute Gasteiger partial charge is 0.493 e. The Morgan fingerprint density at radius 3 is 2.71 bits per heavy atom. The summed E-state index contributed by atoms with van der Waals surface area (Å²) in [5.41, 5.74) is -0.132. The first-order valence-electron chi connectivity index (χ1n) is 10.2. The Morgan fingerprint density at radius 1 is 1.23 bits per heavy atom. The maximum Gasteiger partial charge on any atom is 0.349 e. The van der Waals surface area contributed by atoms with Gasteiger partial charge in [0.25, 0.3) is 5.91 Å². The molecule has 9 heteroatoms. The van der Waals surface area contributed by atoms with Crippen molar-refractivity contribution in [1.29, 1.82) is 0 Å². The van der Waals surface area contributed by atoms with Crippen LogP contribution in [-0.2, 0) is 0 Å². The van der Waals surface area contributed by atoms with E-state index in [-0.39, 0.29) is 5.56 Å². The Hall–Kier alpha value is -3.62. The van der Waals surface area contributed by atoms with E-state index < -0.39 is 11.5 Å². The number of aromatic nitrogens is 2. The van der Waals surface area contributed by atoms with E-state index in [1.54, 1.807) is 29.3 Å². The molecule has 0 spiro atoms. The van der Waals surface area contributed by atoms with Gasteiger partial charge in [0.1, 0.15) is 11.3 Å². The number of hydrogen-bond donors (Lipinski definition) is 1. The molecule has 0 atom stereocenters. The number of amides is 1. The number of nitrogens with one attached hydrogen (secondary N) is 1. The van der Waals surface area contributed by atoms with Gasteiger partial charge in [0.15, 0.2) is 17.2 Å². The van der Waals surface area contributed by atoms with E-state index in [1.807, 2.05) is 14.1 Å². The normalized spacial score (nSPS) is 13.8. The van der Waals surface area contributed by atoms with Crippen LogP contribution in [0.15, 0.2) is 39.7 Å². The molecule has 1 aliphatic heterocycles. The average molecular weight is 423 g/mol. The Kier molecular flexibility index (Phi) is 5.75. The molecule has 1 fully saturated rings. The van der Waals surface area contributed by atoms with Crippen LogP contribution >= 0.6 is 0 Å². The highest BCUT2D eigenvalue weighted by molar-refractivity contribution is 6.06. The van der Waals surface area contributed by atoms with Crippen molar-refractivity contribution in [2.75, 3.05) is 49.4 Å². The quantitative estimate of drug-likeness (QED) is 0.625. The number of carbonyl (C=O) groups excluding carboxylic acids is 1. The van der Waals surface area contributed by atoms with Crippen LogP contribution in [0.1, 0.15) is 29.6 Å². The summed E-state index contributed by atoms with van der Waals surface area (Å²) in [6, 6.07) is 6.70. The lowest BCUT2D eigenvalue weighted by molar-refractivity contribution is 0.102. The fourth-order valence-electron chi connectivity index (χ4n) is 3.67. The number of fused-ring (bicyclic) bond motifs is 1. The third-order valence-corrected chi connectivity index (χ3v) is 5.26. The molecule has 3 heterocycles. The topological polar surface area (TPSA) is 101 Å². The summed E-state index contributed by atoms with van der Waals surface area (Å²) in [6.45, 7) is 1.83. The van der Waals surface area contributed by atoms with Crippen LogP contribution in [0.4, 0.5) is 17.5 Å². The second-order valence-corrected chi connectivity index (χ2v) is 7.63. The van der Waals surface area contributed by atoms with Crippen LogP contribution in [-0.4, -0.2) is 50.2 Å². The van der Waals surface area contributed by atoms with Gasteiger partial charge < -0.3 is 24.3 Å². The van der Waals surface area contributed by atoms with Crippen LogP contribution in [0.2, 0.25) is 0 Å². The van der Waals surface area contributed by atoms with Crippen molar-refractivity contribution >= 4 is 34.3 Å². The summed E-state index contributed by atoms with van der Waals surface area (Å²) in [5.74, 6) is 1.04. The summed E-state index contributed by atoms with van der Waals surface area (Å²) in [4.78, 5) is 38.4. The SMILES string of the molecule is COc1cccc2cc(C(=O)Nc3cnc(N4CCCCC4)nc3N(C)C)c(=O)oc12. The van der Waals surface area contributed by atoms with Gasteiger partial charge in [0.05, 0.1) is 13.3 Å². The Morgan fingerprint density at radius 2 is 2.00 bits per heavy atom. The van der Waals surface area contributed by atoms with E-state index in [2.05, 4.69) is 20.2 Å². The zero-order valence-electron chi connectivity index (χ0n) is 17.8. The Balaban J connectivity index is 1.65. The number of ether oxygens (including phenoxy) is 1. The number of nitrogens with zero attached hydrogens (tertiary/aromatic N) is 4. The molecular formula is C22H25N5O4. The van der Waals surface area contributed by atoms with Crippen molar-refractivity contribution in [2.45, 2.75) is 19.3 Å². The molecule has 1 aromatic carbocycles. The second kappa shape index (κ2) is 8.63. The van der Waals surface area contributed by atoms with Gasteiger partial charge in [0.2, 0.25) is 5.95 Å². The number of piperidine rings is 1. The fraction of sp³-hybridized carbons (Fsp3) is 0.364. The molecule has 0 radical (unpaired) electrons. The monoisotopic (exact) mass is 423 g/mol. The lowest BCUT2D eigenvalue weighted by atomic mass is 10.1. The van der Waals surface area contributed by atoms with Crippen molar-refractivity contribution in [3.8, 4) is 5.75 Å². The predicted octanol–water partition coefficient (Wildman–Crippen LogP) is 2.90. The highest BCUT2D eigenvalue weighted by Gasteiger charge is 2.20. The van der Waals surface area contributed by atoms with E-state index >= 15 is 0 Å². The van der Waals surface area contributed by atoms with Crippen LogP contribution in [0, 0.1) is 0 Å². The lowest BCUT2D eigenvalue weighted by Gasteiger charge is -2.28. The average Bonchev–Trinajstić information content (AvgIpc) is 2.78. The molecule has 4 rings (SSSR count). The molecule has 1 aliphatic rings. The zero-order chi connectivity index (χ0) is 22.0. The van der Waals surface area contributed by atoms with Crippen molar-refractivity contribution < 1.29 is 13.9 Å². The van der Waals surface area contributed by atoms with Crippen LogP contribution in [0.3, 0.4) is 0 Å². The van der Waals surface area contributed by atoms with Gasteiger partial charge in [-0.1, -0.05) is 12.1 Å². The van der Waals surface area contributed by atoms with Gasteiger partial charge in [-0.3, -0.25) is 4.79 Å². The molecule has 1 saturated heterocycles. The molecule has 31 heavy (non-hydrogen) atoms. The lowest BCUT2D eigenvalue weighted by Crippen LogP contribution is -2.31. The first-order valence-corrected chi connectivity index (χ1v) is 10.2. The van der Waals surface area contributed by atoms with Gasteiger partial charge in [-0.2, -0.15) is 4.98 Å². The summed E-state index contributed by atoms with van der Waals surface area (Å²) < 4.78 is 10.6. The summed E-state index contributed by atoms with van der Waals surface area (Å²) in [6.07, 6.45) is 5.02. The smallest absolute Gasteiger partial charge is 0.349 e. The molecule has 0 bridgehead atoms. The first-order chi connectivity index (χ1) is 15.0. The molecule has 0 aliphatic carbocycles. The standard InChI is InChI=1S/C22H25N5O4/c1-26(2)19-16(13-23-22(25-19)27-10-5-4-6-11-27)24-20(28)15-12-14-8-7-9-17(30-3)18(14)31-21(15)29/h7-9,12-13H,4-6,10-11H2,1-3H3,(H,24,28). The minimum Gasteiger partial charge on any atom is -0.493 e. The Bertz CT molecular complexity index is 1170. The van der Waals surface area contributed by atoms with Crippen LogP contribution in [0.25, 0.3) is 11.0 Å². The molecule has 1 amide bonds. The fourth-order valence-corrected chi connectivity index (χ4v) is 3.67. The molecule has 0 saturated carbocycles. The van der Waals surface area contributed by atoms with E-state index in [9.17, 15) is 9.59 Å². The molecule has 0 unspecified atom stereocenters. The highest BCUT2D eigenvalue weighted by Crippen LogP contribution is 2.27. The van der Waals surface area contributed by atoms with Crippen molar-refractivity contribution in [1.82, 2.24) is 9.97 Å². The van der Waals surface area contributed by atoms with Gasteiger partial charge in [-0.25, -0.2) is 9.78 Å². The van der Waals surface area contributed by atoms with Crippen molar-refractivity contribution in [3.05, 3.63) is 46.4 Å². The minimum atomic E-state index is -0.744. The van der Waals surface area contributed by atoms with Crippen LogP contribution < -0.4 is 25.5 Å². The Labute approximate surface area is 179 Å². The highest BCUT2D eigenvalue weighted by atomic mass is 16.5. The van der Waals surface area contributed by atoms with E-state index in [1.165, 1.54) is 19.6 Å². The van der Waals surface area contributed by atoms with Crippen LogP contribution in [0.5, 0.6) is 5.75 Å². The number of rotatable bonds is 5. The maximum atomic E-state index is 12.9. The number of benzene rings is 1. The summed E-state index contributed by atoms with van der Waals surface area (Å²) >= 11 is 0. The van der Waals surface area contributed by atoms with E-state index in [0.717, 1.165) is 25.9 Å². The molecule has 1 N–H and O–H groups in total. The van der Waals surface area contributed by atoms with Crippen molar-refractivity contribution in [2.24, 2.45) is 0 Å². The second-order valence-electron chi connectivity index (χ2n) is 7.63.